The molecule has 2 fully saturated rings. The number of hydrogen-bond donors (Lipinski definition) is 1. The molecule has 3 heteroatoms. The normalized spacial score (nSPS) is 23.6. The van der Waals surface area contributed by atoms with Crippen LogP contribution in [0.1, 0.15) is 18.4 Å². The van der Waals surface area contributed by atoms with Crippen molar-refractivity contribution in [1.82, 2.24) is 10.2 Å². The van der Waals surface area contributed by atoms with Crippen molar-refractivity contribution in [3.8, 4) is 0 Å². The van der Waals surface area contributed by atoms with E-state index in [0.29, 0.717) is 5.41 Å². The van der Waals surface area contributed by atoms with Crippen molar-refractivity contribution in [1.29, 1.82) is 0 Å². The predicted octanol–water partition coefficient (Wildman–Crippen LogP) is 2.28. The zero-order chi connectivity index (χ0) is 11.7. The van der Waals surface area contributed by atoms with Crippen LogP contribution >= 0.6 is 11.6 Å². The number of rotatable bonds is 3. The molecule has 1 saturated heterocycles. The Labute approximate surface area is 108 Å². The molecule has 0 amide bonds. The Hall–Kier alpha value is -0.570. The molecule has 92 valence electrons. The fraction of sp³-hybridized carbons (Fsp3) is 0.571. The van der Waals surface area contributed by atoms with Crippen molar-refractivity contribution in [3.63, 3.8) is 0 Å². The number of halogens is 1. The van der Waals surface area contributed by atoms with Crippen molar-refractivity contribution < 1.29 is 0 Å². The molecule has 0 radical (unpaired) electrons. The molecule has 1 aromatic rings. The molecule has 1 saturated carbocycles. The minimum atomic E-state index is 0.405. The largest absolute Gasteiger partial charge is 0.314 e. The van der Waals surface area contributed by atoms with Gasteiger partial charge >= 0.3 is 0 Å². The third-order valence-corrected chi connectivity index (χ3v) is 4.26. The highest BCUT2D eigenvalue weighted by Crippen LogP contribution is 2.49. The van der Waals surface area contributed by atoms with Crippen LogP contribution in [-0.2, 0) is 5.41 Å². The van der Waals surface area contributed by atoms with Gasteiger partial charge in [-0.05, 0) is 30.5 Å². The Kier molecular flexibility index (Phi) is 3.12. The molecule has 2 nitrogen and oxygen atoms in total. The average Bonchev–Trinajstić information content (AvgIpc) is 3.11. The molecule has 1 aromatic carbocycles. The number of hydrogen-bond acceptors (Lipinski definition) is 2. The first-order valence-electron chi connectivity index (χ1n) is 6.48. The van der Waals surface area contributed by atoms with Gasteiger partial charge in [-0.25, -0.2) is 0 Å². The van der Waals surface area contributed by atoms with E-state index in [0.717, 1.165) is 18.1 Å². The second-order valence-corrected chi connectivity index (χ2v) is 5.75. The lowest BCUT2D eigenvalue weighted by Crippen LogP contribution is -2.46. The third-order valence-electron chi connectivity index (χ3n) is 4.03. The Morgan fingerprint density at radius 1 is 1.24 bits per heavy atom. The van der Waals surface area contributed by atoms with Crippen LogP contribution in [0.3, 0.4) is 0 Å². The molecule has 2 aliphatic rings. The van der Waals surface area contributed by atoms with Crippen LogP contribution in [0.15, 0.2) is 24.3 Å². The monoisotopic (exact) mass is 250 g/mol. The minimum Gasteiger partial charge on any atom is -0.314 e. The summed E-state index contributed by atoms with van der Waals surface area (Å²) in [7, 11) is 0. The van der Waals surface area contributed by atoms with E-state index in [1.807, 2.05) is 6.07 Å². The summed E-state index contributed by atoms with van der Waals surface area (Å²) < 4.78 is 0. The Morgan fingerprint density at radius 2 is 2.00 bits per heavy atom. The quantitative estimate of drug-likeness (QED) is 0.886. The van der Waals surface area contributed by atoms with E-state index >= 15 is 0 Å². The maximum absolute atomic E-state index is 6.10. The summed E-state index contributed by atoms with van der Waals surface area (Å²) >= 11 is 6.10. The van der Waals surface area contributed by atoms with Crippen LogP contribution in [-0.4, -0.2) is 37.6 Å². The fourth-order valence-corrected chi connectivity index (χ4v) is 2.99. The Bertz CT molecular complexity index is 395. The number of nitrogens with zero attached hydrogens (tertiary/aromatic N) is 1. The molecule has 0 bridgehead atoms. The van der Waals surface area contributed by atoms with Crippen LogP contribution in [0.4, 0.5) is 0 Å². The lowest BCUT2D eigenvalue weighted by molar-refractivity contribution is 0.221. The van der Waals surface area contributed by atoms with E-state index in [9.17, 15) is 0 Å². The molecule has 0 unspecified atom stereocenters. The highest BCUT2D eigenvalue weighted by atomic mass is 35.5. The predicted molar refractivity (Wildman–Crippen MR) is 71.7 cm³/mol. The van der Waals surface area contributed by atoms with Crippen molar-refractivity contribution in [3.05, 3.63) is 34.9 Å². The standard InChI is InChI=1S/C14H19ClN2/c15-13-3-1-2-12(10-13)14(4-5-14)11-17-8-6-16-7-9-17/h1-3,10,16H,4-9,11H2. The third kappa shape index (κ3) is 2.49. The van der Waals surface area contributed by atoms with Crippen LogP contribution in [0, 0.1) is 0 Å². The van der Waals surface area contributed by atoms with Gasteiger partial charge in [0.15, 0.2) is 0 Å². The van der Waals surface area contributed by atoms with Gasteiger partial charge < -0.3 is 5.32 Å². The molecular weight excluding hydrogens is 232 g/mol. The second kappa shape index (κ2) is 4.60. The summed E-state index contributed by atoms with van der Waals surface area (Å²) in [5.41, 5.74) is 1.84. The van der Waals surface area contributed by atoms with E-state index in [1.54, 1.807) is 0 Å². The van der Waals surface area contributed by atoms with Gasteiger partial charge in [0.05, 0.1) is 0 Å². The molecular formula is C14H19ClN2. The fourth-order valence-electron chi connectivity index (χ4n) is 2.80. The van der Waals surface area contributed by atoms with Gasteiger partial charge in [0, 0.05) is 43.2 Å². The minimum absolute atomic E-state index is 0.405. The maximum atomic E-state index is 6.10. The Balaban J connectivity index is 1.73. The van der Waals surface area contributed by atoms with E-state index < -0.39 is 0 Å². The van der Waals surface area contributed by atoms with Crippen molar-refractivity contribution in [2.75, 3.05) is 32.7 Å². The summed E-state index contributed by atoms with van der Waals surface area (Å²) in [4.78, 5) is 2.59. The topological polar surface area (TPSA) is 15.3 Å². The highest BCUT2D eigenvalue weighted by molar-refractivity contribution is 6.30. The van der Waals surface area contributed by atoms with Crippen LogP contribution in [0.25, 0.3) is 0 Å². The molecule has 0 aromatic heterocycles. The van der Waals surface area contributed by atoms with E-state index in [4.69, 9.17) is 11.6 Å². The molecule has 17 heavy (non-hydrogen) atoms. The van der Waals surface area contributed by atoms with Gasteiger partial charge in [-0.2, -0.15) is 0 Å². The SMILES string of the molecule is Clc1cccc(C2(CN3CCNCC3)CC2)c1. The summed E-state index contributed by atoms with van der Waals surface area (Å²) in [5.74, 6) is 0. The van der Waals surface area contributed by atoms with Crippen LogP contribution < -0.4 is 5.32 Å². The smallest absolute Gasteiger partial charge is 0.0408 e. The first-order chi connectivity index (χ1) is 8.28. The molecule has 0 atom stereocenters. The van der Waals surface area contributed by atoms with Crippen LogP contribution in [0.5, 0.6) is 0 Å². The first kappa shape index (κ1) is 11.5. The van der Waals surface area contributed by atoms with Gasteiger partial charge in [0.25, 0.3) is 0 Å². The summed E-state index contributed by atoms with van der Waals surface area (Å²) in [6.45, 7) is 5.83. The van der Waals surface area contributed by atoms with Gasteiger partial charge in [-0.1, -0.05) is 23.7 Å². The van der Waals surface area contributed by atoms with Gasteiger partial charge in [0.1, 0.15) is 0 Å². The average molecular weight is 251 g/mol. The molecule has 1 heterocycles. The summed E-state index contributed by atoms with van der Waals surface area (Å²) in [5, 5.41) is 4.28. The lowest BCUT2D eigenvalue weighted by Gasteiger charge is -2.31. The second-order valence-electron chi connectivity index (χ2n) is 5.32. The van der Waals surface area contributed by atoms with Gasteiger partial charge in [-0.3, -0.25) is 4.90 Å². The molecule has 1 aliphatic heterocycles. The molecule has 1 N–H and O–H groups in total. The first-order valence-corrected chi connectivity index (χ1v) is 6.85. The van der Waals surface area contributed by atoms with Crippen molar-refractivity contribution >= 4 is 11.6 Å². The van der Waals surface area contributed by atoms with E-state index in [-0.39, 0.29) is 0 Å². The summed E-state index contributed by atoms with van der Waals surface area (Å²) in [6.07, 6.45) is 2.63. The molecule has 1 aliphatic carbocycles. The molecule has 0 spiro atoms. The zero-order valence-electron chi connectivity index (χ0n) is 10.1. The maximum Gasteiger partial charge on any atom is 0.0408 e. The van der Waals surface area contributed by atoms with Crippen molar-refractivity contribution in [2.24, 2.45) is 0 Å². The Morgan fingerprint density at radius 3 is 2.65 bits per heavy atom. The van der Waals surface area contributed by atoms with E-state index in [1.165, 1.54) is 38.0 Å². The van der Waals surface area contributed by atoms with E-state index in [2.05, 4.69) is 28.4 Å². The van der Waals surface area contributed by atoms with Gasteiger partial charge in [0.2, 0.25) is 0 Å². The van der Waals surface area contributed by atoms with Crippen LogP contribution in [0.2, 0.25) is 5.02 Å². The highest BCUT2D eigenvalue weighted by Gasteiger charge is 2.45. The summed E-state index contributed by atoms with van der Waals surface area (Å²) in [6, 6.07) is 8.43. The van der Waals surface area contributed by atoms with Crippen molar-refractivity contribution in [2.45, 2.75) is 18.3 Å². The molecule has 3 rings (SSSR count). The number of nitrogens with one attached hydrogen (secondary N) is 1. The zero-order valence-corrected chi connectivity index (χ0v) is 10.8. The number of piperazine rings is 1. The number of benzene rings is 1. The van der Waals surface area contributed by atoms with Gasteiger partial charge in [-0.15, -0.1) is 0 Å². The lowest BCUT2D eigenvalue weighted by atomic mass is 9.95.